The van der Waals surface area contributed by atoms with Crippen LogP contribution in [0.25, 0.3) is 0 Å². The Morgan fingerprint density at radius 3 is 0.891 bits per heavy atom. The average Bonchev–Trinajstić information content (AvgIpc) is 3.06. The Labute approximate surface area is 270 Å². The minimum absolute atomic E-state index is 0.0224. The predicted molar refractivity (Wildman–Crippen MR) is 164 cm³/mol. The van der Waals surface area contributed by atoms with E-state index in [4.69, 9.17) is 56.8 Å². The third kappa shape index (κ3) is 29.3. The molecule has 0 aliphatic heterocycles. The molecule has 0 aromatic heterocycles. The van der Waals surface area contributed by atoms with Gasteiger partial charge < -0.3 is 56.8 Å². The molecule has 0 fully saturated rings. The number of alkyl halides is 1. The van der Waals surface area contributed by atoms with Crippen molar-refractivity contribution in [3.8, 4) is 5.75 Å². The van der Waals surface area contributed by atoms with Crippen molar-refractivity contribution in [3.63, 3.8) is 0 Å². The lowest BCUT2D eigenvalue weighted by molar-refractivity contribution is -0.384. The van der Waals surface area contributed by atoms with E-state index in [-0.39, 0.29) is 12.3 Å². The zero-order valence-electron chi connectivity index (χ0n) is 26.8. The molecule has 0 unspecified atom stereocenters. The number of rotatable bonds is 37. The van der Waals surface area contributed by atoms with Gasteiger partial charge in [-0.25, -0.2) is 4.39 Å². The van der Waals surface area contributed by atoms with Crippen molar-refractivity contribution in [1.29, 1.82) is 0 Å². The number of nitrogens with zero attached hydrogens (tertiary/aromatic N) is 1. The fourth-order valence-corrected chi connectivity index (χ4v) is 3.24. The predicted octanol–water partition coefficient (Wildman–Crippen LogP) is 2.13. The zero-order chi connectivity index (χ0) is 33.0. The Bertz CT molecular complexity index is 780. The molecule has 0 aliphatic carbocycles. The highest BCUT2D eigenvalue weighted by atomic mass is 19.1. The molecule has 0 amide bonds. The molecule has 0 spiro atoms. The summed E-state index contributed by atoms with van der Waals surface area (Å²) in [6.45, 7) is 9.65. The van der Waals surface area contributed by atoms with Crippen molar-refractivity contribution < 1.29 is 66.2 Å². The standard InChI is InChI=1S/C30H52FNO14/c31-5-6-35-7-8-36-9-10-37-11-12-38-13-14-39-15-16-40-17-18-41-19-20-42-21-22-43-23-24-44-25-26-45-27-28-46-30-3-1-29(2-4-30)32(33)34/h1-4H,5-28H2. The van der Waals surface area contributed by atoms with Crippen LogP contribution in [-0.4, -0.2) is 164 Å². The molecule has 0 saturated heterocycles. The number of halogens is 1. The summed E-state index contributed by atoms with van der Waals surface area (Å²) >= 11 is 0. The van der Waals surface area contributed by atoms with Gasteiger partial charge in [-0.15, -0.1) is 0 Å². The van der Waals surface area contributed by atoms with Crippen molar-refractivity contribution in [1.82, 2.24) is 0 Å². The molecule has 268 valence electrons. The van der Waals surface area contributed by atoms with Crippen LogP contribution in [0.15, 0.2) is 24.3 Å². The topological polar surface area (TPSA) is 154 Å². The van der Waals surface area contributed by atoms with Crippen LogP contribution in [0.4, 0.5) is 10.1 Å². The zero-order valence-corrected chi connectivity index (χ0v) is 26.8. The number of ether oxygens (including phenoxy) is 12. The summed E-state index contributed by atoms with van der Waals surface area (Å²) in [7, 11) is 0. The molecule has 0 radical (unpaired) electrons. The maximum atomic E-state index is 11.8. The van der Waals surface area contributed by atoms with Crippen molar-refractivity contribution in [2.24, 2.45) is 0 Å². The minimum atomic E-state index is -0.481. The van der Waals surface area contributed by atoms with Crippen LogP contribution in [0.5, 0.6) is 5.75 Å². The third-order valence-corrected chi connectivity index (χ3v) is 5.49. The molecule has 0 N–H and O–H groups in total. The lowest BCUT2D eigenvalue weighted by Crippen LogP contribution is -2.15. The lowest BCUT2D eigenvalue weighted by atomic mass is 10.3. The minimum Gasteiger partial charge on any atom is -0.491 e. The molecule has 0 atom stereocenters. The van der Waals surface area contributed by atoms with E-state index < -0.39 is 11.6 Å². The van der Waals surface area contributed by atoms with Gasteiger partial charge in [-0.1, -0.05) is 0 Å². The molecular formula is C30H52FNO14. The Morgan fingerprint density at radius 2 is 0.652 bits per heavy atom. The number of benzene rings is 1. The normalized spacial score (nSPS) is 11.3. The summed E-state index contributed by atoms with van der Waals surface area (Å²) in [5.41, 5.74) is 0.0224. The second-order valence-corrected chi connectivity index (χ2v) is 9.02. The first kappa shape index (κ1) is 41.9. The summed E-state index contributed by atoms with van der Waals surface area (Å²) in [4.78, 5) is 10.2. The van der Waals surface area contributed by atoms with E-state index in [2.05, 4.69) is 0 Å². The first-order valence-electron chi connectivity index (χ1n) is 15.5. The summed E-state index contributed by atoms with van der Waals surface area (Å²) in [6, 6.07) is 5.90. The fraction of sp³-hybridized carbons (Fsp3) is 0.800. The van der Waals surface area contributed by atoms with Gasteiger partial charge in [-0.05, 0) is 12.1 Å². The second-order valence-electron chi connectivity index (χ2n) is 9.02. The van der Waals surface area contributed by atoms with E-state index >= 15 is 0 Å². The molecule has 0 heterocycles. The van der Waals surface area contributed by atoms with Gasteiger partial charge in [-0.2, -0.15) is 0 Å². The summed E-state index contributed by atoms with van der Waals surface area (Å²) in [6.07, 6.45) is 0. The van der Waals surface area contributed by atoms with Crippen LogP contribution in [0.1, 0.15) is 0 Å². The second kappa shape index (κ2) is 34.3. The van der Waals surface area contributed by atoms with E-state index in [0.717, 1.165) is 0 Å². The van der Waals surface area contributed by atoms with E-state index in [1.165, 1.54) is 12.1 Å². The monoisotopic (exact) mass is 669 g/mol. The molecular weight excluding hydrogens is 617 g/mol. The van der Waals surface area contributed by atoms with E-state index in [9.17, 15) is 14.5 Å². The van der Waals surface area contributed by atoms with E-state index in [1.54, 1.807) is 12.1 Å². The Kier molecular flexibility index (Phi) is 31.2. The van der Waals surface area contributed by atoms with Gasteiger partial charge in [0.15, 0.2) is 0 Å². The highest BCUT2D eigenvalue weighted by Crippen LogP contribution is 2.17. The molecule has 46 heavy (non-hydrogen) atoms. The number of nitro benzene ring substituents is 1. The SMILES string of the molecule is O=[N+]([O-])c1ccc(OCCOCCOCCOCCOCCOCCOCCOCCOCCOCCOCCOCCF)cc1. The van der Waals surface area contributed by atoms with Crippen molar-refractivity contribution in [2.75, 3.05) is 159 Å². The molecule has 15 nitrogen and oxygen atoms in total. The van der Waals surface area contributed by atoms with Crippen molar-refractivity contribution in [2.45, 2.75) is 0 Å². The highest BCUT2D eigenvalue weighted by Gasteiger charge is 2.04. The van der Waals surface area contributed by atoms with Gasteiger partial charge >= 0.3 is 0 Å². The van der Waals surface area contributed by atoms with Gasteiger partial charge in [0.05, 0.1) is 150 Å². The molecule has 0 saturated carbocycles. The first-order valence-corrected chi connectivity index (χ1v) is 15.5. The van der Waals surface area contributed by atoms with Crippen LogP contribution in [0.2, 0.25) is 0 Å². The summed E-state index contributed by atoms with van der Waals surface area (Å²) < 4.78 is 76.4. The third-order valence-electron chi connectivity index (χ3n) is 5.49. The molecule has 0 aliphatic rings. The molecule has 1 rings (SSSR count). The Morgan fingerprint density at radius 1 is 0.413 bits per heavy atom. The highest BCUT2D eigenvalue weighted by molar-refractivity contribution is 5.35. The van der Waals surface area contributed by atoms with Gasteiger partial charge in [0.2, 0.25) is 0 Å². The van der Waals surface area contributed by atoms with Gasteiger partial charge in [0.25, 0.3) is 5.69 Å². The Balaban J connectivity index is 1.65. The smallest absolute Gasteiger partial charge is 0.269 e. The number of nitro groups is 1. The summed E-state index contributed by atoms with van der Waals surface area (Å²) in [5.74, 6) is 0.552. The molecule has 1 aromatic rings. The van der Waals surface area contributed by atoms with Crippen LogP contribution in [0, 0.1) is 10.1 Å². The maximum absolute atomic E-state index is 11.8. The quantitative estimate of drug-likeness (QED) is 0.0577. The van der Waals surface area contributed by atoms with Crippen molar-refractivity contribution >= 4 is 5.69 Å². The fourth-order valence-electron chi connectivity index (χ4n) is 3.24. The van der Waals surface area contributed by atoms with Crippen LogP contribution in [-0.2, 0) is 52.1 Å². The van der Waals surface area contributed by atoms with Crippen LogP contribution < -0.4 is 4.74 Å². The van der Waals surface area contributed by atoms with Gasteiger partial charge in [0.1, 0.15) is 19.0 Å². The average molecular weight is 670 g/mol. The number of hydrogen-bond donors (Lipinski definition) is 0. The van der Waals surface area contributed by atoms with Crippen molar-refractivity contribution in [3.05, 3.63) is 34.4 Å². The largest absolute Gasteiger partial charge is 0.491 e. The first-order chi connectivity index (χ1) is 22.7. The van der Waals surface area contributed by atoms with E-state index in [1.807, 2.05) is 0 Å². The van der Waals surface area contributed by atoms with Crippen LogP contribution in [0.3, 0.4) is 0 Å². The van der Waals surface area contributed by atoms with Gasteiger partial charge in [0, 0.05) is 12.1 Å². The summed E-state index contributed by atoms with van der Waals surface area (Å²) in [5, 5.41) is 10.6. The molecule has 16 heteroatoms. The Hall–Kier alpha value is -2.09. The van der Waals surface area contributed by atoms with Gasteiger partial charge in [-0.3, -0.25) is 10.1 Å². The molecule has 1 aromatic carbocycles. The molecule has 0 bridgehead atoms. The lowest BCUT2D eigenvalue weighted by Gasteiger charge is -2.09. The number of non-ortho nitro benzene ring substituents is 1. The maximum Gasteiger partial charge on any atom is 0.269 e. The number of hydrogen-bond acceptors (Lipinski definition) is 14. The van der Waals surface area contributed by atoms with E-state index in [0.29, 0.717) is 151 Å². The van der Waals surface area contributed by atoms with Crippen LogP contribution >= 0.6 is 0 Å².